The van der Waals surface area contributed by atoms with Crippen molar-refractivity contribution in [3.8, 4) is 0 Å². The molecule has 2 atom stereocenters. The lowest BCUT2D eigenvalue weighted by molar-refractivity contribution is 0.589. The molecule has 1 rings (SSSR count). The Labute approximate surface area is 101 Å². The van der Waals surface area contributed by atoms with Crippen molar-refractivity contribution in [2.75, 3.05) is 0 Å². The van der Waals surface area contributed by atoms with E-state index in [1.165, 1.54) is 5.56 Å². The summed E-state index contributed by atoms with van der Waals surface area (Å²) in [4.78, 5) is 0. The molecule has 3 heteroatoms. The molecule has 0 spiro atoms. The van der Waals surface area contributed by atoms with Crippen molar-refractivity contribution in [1.29, 1.82) is 0 Å². The maximum atomic E-state index is 12.0. The first-order valence-electron chi connectivity index (χ1n) is 5.68. The highest BCUT2D eigenvalue weighted by molar-refractivity contribution is 7.84. The lowest BCUT2D eigenvalue weighted by Gasteiger charge is -2.23. The number of nitrogens with one attached hydrogen (secondary N) is 1. The van der Waals surface area contributed by atoms with Crippen molar-refractivity contribution < 1.29 is 4.21 Å². The average Bonchev–Trinajstić information content (AvgIpc) is 2.25. The third kappa shape index (κ3) is 3.72. The molecule has 0 fully saturated rings. The zero-order valence-electron chi connectivity index (χ0n) is 10.5. The number of hydrogen-bond acceptors (Lipinski definition) is 1. The van der Waals surface area contributed by atoms with E-state index < -0.39 is 11.0 Å². The third-order valence-corrected chi connectivity index (χ3v) is 4.03. The van der Waals surface area contributed by atoms with Gasteiger partial charge >= 0.3 is 0 Å². The van der Waals surface area contributed by atoms with Crippen LogP contribution in [0.25, 0.3) is 0 Å². The number of rotatable bonds is 4. The fourth-order valence-electron chi connectivity index (χ4n) is 1.38. The van der Waals surface area contributed by atoms with E-state index >= 15 is 0 Å². The lowest BCUT2D eigenvalue weighted by Crippen LogP contribution is -2.35. The fourth-order valence-corrected chi connectivity index (χ4v) is 2.29. The number of benzene rings is 1. The van der Waals surface area contributed by atoms with Crippen molar-refractivity contribution in [1.82, 2.24) is 4.72 Å². The summed E-state index contributed by atoms with van der Waals surface area (Å²) >= 11 is 0. The Morgan fingerprint density at radius 1 is 1.25 bits per heavy atom. The second-order valence-corrected chi connectivity index (χ2v) is 6.87. The van der Waals surface area contributed by atoms with Gasteiger partial charge in [0.1, 0.15) is 0 Å². The van der Waals surface area contributed by atoms with Crippen molar-refractivity contribution in [3.63, 3.8) is 0 Å². The molecule has 0 unspecified atom stereocenters. The van der Waals surface area contributed by atoms with Crippen molar-refractivity contribution in [2.24, 2.45) is 0 Å². The first-order valence-corrected chi connectivity index (χ1v) is 6.83. The molecule has 0 amide bonds. The van der Waals surface area contributed by atoms with Gasteiger partial charge in [0, 0.05) is 6.04 Å². The zero-order valence-corrected chi connectivity index (χ0v) is 11.3. The molecule has 2 nitrogen and oxygen atoms in total. The van der Waals surface area contributed by atoms with Gasteiger partial charge in [-0.25, -0.2) is 8.93 Å². The van der Waals surface area contributed by atoms with Crippen LogP contribution in [0.5, 0.6) is 0 Å². The predicted molar refractivity (Wildman–Crippen MR) is 70.5 cm³/mol. The molecule has 0 aliphatic carbocycles. The molecule has 0 radical (unpaired) electrons. The maximum Gasteiger partial charge on any atom is 0.0975 e. The first kappa shape index (κ1) is 13.4. The minimum Gasteiger partial charge on any atom is -0.242 e. The predicted octanol–water partition coefficient (Wildman–Crippen LogP) is 3.19. The summed E-state index contributed by atoms with van der Waals surface area (Å²) in [6, 6.07) is 10.3. The van der Waals surface area contributed by atoms with Gasteiger partial charge in [0.2, 0.25) is 0 Å². The Morgan fingerprint density at radius 2 is 1.81 bits per heavy atom. The largest absolute Gasteiger partial charge is 0.242 e. The highest BCUT2D eigenvalue weighted by Crippen LogP contribution is 2.19. The summed E-state index contributed by atoms with van der Waals surface area (Å²) in [5, 5.41) is 0. The van der Waals surface area contributed by atoms with Crippen LogP contribution >= 0.6 is 0 Å². The van der Waals surface area contributed by atoms with Crippen molar-refractivity contribution in [2.45, 2.75) is 44.9 Å². The van der Waals surface area contributed by atoms with Crippen molar-refractivity contribution in [3.05, 3.63) is 35.9 Å². The van der Waals surface area contributed by atoms with E-state index in [9.17, 15) is 4.21 Å². The molecule has 0 saturated carbocycles. The quantitative estimate of drug-likeness (QED) is 0.859. The average molecular weight is 239 g/mol. The van der Waals surface area contributed by atoms with E-state index in [2.05, 4.69) is 23.8 Å². The van der Waals surface area contributed by atoms with Crippen LogP contribution in [-0.2, 0) is 11.0 Å². The highest BCUT2D eigenvalue weighted by Gasteiger charge is 2.22. The van der Waals surface area contributed by atoms with E-state index in [1.807, 2.05) is 39.0 Å². The van der Waals surface area contributed by atoms with Crippen molar-refractivity contribution >= 4 is 11.0 Å². The minimum atomic E-state index is -1.02. The molecule has 1 N–H and O–H groups in total. The van der Waals surface area contributed by atoms with E-state index in [-0.39, 0.29) is 10.8 Å². The Kier molecular flexibility index (Phi) is 4.69. The summed E-state index contributed by atoms with van der Waals surface area (Å²) in [7, 11) is -1.02. The smallest absolute Gasteiger partial charge is 0.0975 e. The van der Waals surface area contributed by atoms with Crippen LogP contribution in [0.4, 0.5) is 0 Å². The molecule has 0 aromatic heterocycles. The van der Waals surface area contributed by atoms with E-state index in [0.29, 0.717) is 0 Å². The van der Waals surface area contributed by atoms with E-state index in [1.54, 1.807) is 0 Å². The maximum absolute atomic E-state index is 12.0. The molecule has 16 heavy (non-hydrogen) atoms. The Hall–Kier alpha value is -0.670. The summed E-state index contributed by atoms with van der Waals surface area (Å²) in [6.07, 6.45) is 0.936. The monoisotopic (exact) mass is 239 g/mol. The molecule has 1 aromatic rings. The van der Waals surface area contributed by atoms with Crippen LogP contribution in [0.15, 0.2) is 30.3 Å². The Bertz CT molecular complexity index is 343. The molecule has 1 aromatic carbocycles. The number of hydrogen-bond donors (Lipinski definition) is 1. The molecule has 0 bridgehead atoms. The molecular weight excluding hydrogens is 218 g/mol. The van der Waals surface area contributed by atoms with Gasteiger partial charge in [0.15, 0.2) is 0 Å². The van der Waals surface area contributed by atoms with Crippen LogP contribution < -0.4 is 4.72 Å². The first-order chi connectivity index (χ1) is 7.45. The van der Waals surface area contributed by atoms with E-state index in [4.69, 9.17) is 0 Å². The molecule has 90 valence electrons. The van der Waals surface area contributed by atoms with Crippen LogP contribution in [0.1, 0.15) is 45.7 Å². The van der Waals surface area contributed by atoms with Gasteiger partial charge in [-0.3, -0.25) is 0 Å². The third-order valence-electron chi connectivity index (χ3n) is 2.42. The molecular formula is C13H21NOS. The molecule has 0 aliphatic heterocycles. The van der Waals surface area contributed by atoms with Gasteiger partial charge in [0.25, 0.3) is 0 Å². The van der Waals surface area contributed by atoms with Crippen LogP contribution in [0.3, 0.4) is 0 Å². The van der Waals surface area contributed by atoms with Gasteiger partial charge in [-0.15, -0.1) is 0 Å². The molecule has 0 saturated heterocycles. The Balaban J connectivity index is 2.75. The summed E-state index contributed by atoms with van der Waals surface area (Å²) < 4.78 is 15.0. The van der Waals surface area contributed by atoms with Gasteiger partial charge in [-0.2, -0.15) is 0 Å². The van der Waals surface area contributed by atoms with Gasteiger partial charge in [-0.1, -0.05) is 37.3 Å². The Morgan fingerprint density at radius 3 is 2.25 bits per heavy atom. The van der Waals surface area contributed by atoms with Crippen LogP contribution in [0, 0.1) is 0 Å². The van der Waals surface area contributed by atoms with Crippen LogP contribution in [-0.4, -0.2) is 8.96 Å². The fraction of sp³-hybridized carbons (Fsp3) is 0.538. The normalized spacial score (nSPS) is 15.8. The van der Waals surface area contributed by atoms with Gasteiger partial charge in [-0.05, 0) is 32.8 Å². The molecule has 0 heterocycles. The summed E-state index contributed by atoms with van der Waals surface area (Å²) in [6.45, 7) is 8.04. The van der Waals surface area contributed by atoms with Crippen LogP contribution in [0.2, 0.25) is 0 Å². The van der Waals surface area contributed by atoms with Gasteiger partial charge in [0.05, 0.1) is 15.7 Å². The second kappa shape index (κ2) is 5.60. The SMILES string of the molecule is CC[C@@H](N[S@](=O)C(C)(C)C)c1ccccc1. The van der Waals surface area contributed by atoms with Gasteiger partial charge < -0.3 is 0 Å². The summed E-state index contributed by atoms with van der Waals surface area (Å²) in [5.74, 6) is 0. The zero-order chi connectivity index (χ0) is 12.2. The van der Waals surface area contributed by atoms with E-state index in [0.717, 1.165) is 6.42 Å². The summed E-state index contributed by atoms with van der Waals surface area (Å²) in [5.41, 5.74) is 1.20. The topological polar surface area (TPSA) is 29.1 Å². The molecule has 0 aliphatic rings. The lowest BCUT2D eigenvalue weighted by atomic mass is 10.1. The standard InChI is InChI=1S/C13H21NOS/c1-5-12(11-9-7-6-8-10-11)14-16(15)13(2,3)4/h6-10,12,14H,5H2,1-4H3/t12-,16-/m1/s1. The second-order valence-electron chi connectivity index (χ2n) is 4.87. The minimum absolute atomic E-state index is 0.168. The highest BCUT2D eigenvalue weighted by atomic mass is 32.2.